The molecule has 0 bridgehead atoms. The molecule has 2 aliphatic rings. The van der Waals surface area contributed by atoms with E-state index in [-0.39, 0.29) is 0 Å². The van der Waals surface area contributed by atoms with Crippen LogP contribution in [0, 0.1) is 17.8 Å². The molecule has 0 spiro atoms. The molecule has 76 valence electrons. The highest BCUT2D eigenvalue weighted by Gasteiger charge is 2.42. The summed E-state index contributed by atoms with van der Waals surface area (Å²) < 4.78 is 0. The first kappa shape index (κ1) is 9.51. The Morgan fingerprint density at radius 3 is 2.23 bits per heavy atom. The van der Waals surface area contributed by atoms with Gasteiger partial charge in [-0.3, -0.25) is 0 Å². The summed E-state index contributed by atoms with van der Waals surface area (Å²) in [5.74, 6) is 3.13. The maximum Gasteiger partial charge on any atom is 0.00981 e. The highest BCUT2D eigenvalue weighted by molar-refractivity contribution is 4.95. The van der Waals surface area contributed by atoms with E-state index in [9.17, 15) is 0 Å². The van der Waals surface area contributed by atoms with Gasteiger partial charge in [0.2, 0.25) is 0 Å². The molecule has 2 aliphatic carbocycles. The van der Waals surface area contributed by atoms with Crippen molar-refractivity contribution in [2.24, 2.45) is 17.8 Å². The molecule has 2 saturated carbocycles. The molecule has 1 heteroatoms. The fraction of sp³-hybridized carbons (Fsp3) is 1.00. The molecular formula is C12H23N. The lowest BCUT2D eigenvalue weighted by Gasteiger charge is -2.49. The molecule has 0 radical (unpaired) electrons. The minimum atomic E-state index is 0.882. The molecule has 2 fully saturated rings. The lowest BCUT2D eigenvalue weighted by atomic mass is 9.59. The van der Waals surface area contributed by atoms with Crippen LogP contribution in [0.4, 0.5) is 0 Å². The van der Waals surface area contributed by atoms with Crippen molar-refractivity contribution in [3.63, 3.8) is 0 Å². The van der Waals surface area contributed by atoms with Crippen molar-refractivity contribution in [3.8, 4) is 0 Å². The third-order valence-corrected chi connectivity index (χ3v) is 4.22. The van der Waals surface area contributed by atoms with E-state index in [1.165, 1.54) is 38.6 Å². The molecule has 0 aliphatic heterocycles. The van der Waals surface area contributed by atoms with Gasteiger partial charge < -0.3 is 5.32 Å². The topological polar surface area (TPSA) is 12.0 Å². The Kier molecular flexibility index (Phi) is 2.92. The molecule has 13 heavy (non-hydrogen) atoms. The lowest BCUT2D eigenvalue weighted by Crippen LogP contribution is -2.50. The van der Waals surface area contributed by atoms with Gasteiger partial charge in [-0.1, -0.05) is 20.3 Å². The molecule has 0 heterocycles. The second-order valence-corrected chi connectivity index (χ2v) is 5.02. The SMILES string of the molecule is CCCN[C@@H]1CC[C@@H]1C1CCC1C. The van der Waals surface area contributed by atoms with Gasteiger partial charge in [-0.15, -0.1) is 0 Å². The Morgan fingerprint density at radius 2 is 1.85 bits per heavy atom. The molecule has 1 nitrogen and oxygen atoms in total. The molecular weight excluding hydrogens is 158 g/mol. The minimum Gasteiger partial charge on any atom is -0.314 e. The summed E-state index contributed by atoms with van der Waals surface area (Å²) in [5, 5.41) is 3.69. The highest BCUT2D eigenvalue weighted by atomic mass is 14.9. The smallest absolute Gasteiger partial charge is 0.00981 e. The monoisotopic (exact) mass is 181 g/mol. The average molecular weight is 181 g/mol. The molecule has 4 atom stereocenters. The van der Waals surface area contributed by atoms with E-state index in [2.05, 4.69) is 19.2 Å². The Morgan fingerprint density at radius 1 is 1.08 bits per heavy atom. The van der Waals surface area contributed by atoms with Gasteiger partial charge in [0.15, 0.2) is 0 Å². The van der Waals surface area contributed by atoms with Gasteiger partial charge in [-0.2, -0.15) is 0 Å². The summed E-state index contributed by atoms with van der Waals surface area (Å²) in [7, 11) is 0. The second kappa shape index (κ2) is 4.00. The van der Waals surface area contributed by atoms with Crippen molar-refractivity contribution in [1.29, 1.82) is 0 Å². The zero-order valence-electron chi connectivity index (χ0n) is 9.05. The minimum absolute atomic E-state index is 0.882. The first-order valence-corrected chi connectivity index (χ1v) is 6.06. The summed E-state index contributed by atoms with van der Waals surface area (Å²) in [6, 6.07) is 0.882. The van der Waals surface area contributed by atoms with E-state index < -0.39 is 0 Å². The van der Waals surface area contributed by atoms with Crippen LogP contribution in [-0.2, 0) is 0 Å². The van der Waals surface area contributed by atoms with Crippen molar-refractivity contribution >= 4 is 0 Å². The Labute approximate surface area is 82.3 Å². The van der Waals surface area contributed by atoms with Crippen LogP contribution in [0.1, 0.15) is 46.0 Å². The first-order chi connectivity index (χ1) is 6.33. The van der Waals surface area contributed by atoms with E-state index >= 15 is 0 Å². The van der Waals surface area contributed by atoms with Gasteiger partial charge in [-0.25, -0.2) is 0 Å². The first-order valence-electron chi connectivity index (χ1n) is 6.06. The zero-order valence-corrected chi connectivity index (χ0v) is 9.05. The van der Waals surface area contributed by atoms with Crippen LogP contribution in [-0.4, -0.2) is 12.6 Å². The van der Waals surface area contributed by atoms with Crippen molar-refractivity contribution in [2.45, 2.75) is 52.0 Å². The summed E-state index contributed by atoms with van der Waals surface area (Å²) in [6.07, 6.45) is 7.21. The van der Waals surface area contributed by atoms with E-state index in [0.717, 1.165) is 23.8 Å². The summed E-state index contributed by atoms with van der Waals surface area (Å²) in [6.45, 7) is 5.91. The van der Waals surface area contributed by atoms with Crippen molar-refractivity contribution in [3.05, 3.63) is 0 Å². The van der Waals surface area contributed by atoms with Crippen LogP contribution in [0.5, 0.6) is 0 Å². The Balaban J connectivity index is 1.74. The molecule has 1 N–H and O–H groups in total. The third kappa shape index (κ3) is 1.76. The second-order valence-electron chi connectivity index (χ2n) is 5.02. The predicted molar refractivity (Wildman–Crippen MR) is 56.7 cm³/mol. The standard InChI is InChI=1S/C12H23N/c1-3-8-13-12-7-6-11(12)10-5-4-9(10)2/h9-13H,3-8H2,1-2H3/t9?,10?,11-,12-/m1/s1. The number of hydrogen-bond acceptors (Lipinski definition) is 1. The fourth-order valence-electron chi connectivity index (χ4n) is 2.95. The van der Waals surface area contributed by atoms with Gasteiger partial charge in [0.25, 0.3) is 0 Å². The average Bonchev–Trinajstić information content (AvgIpc) is 2.10. The van der Waals surface area contributed by atoms with Gasteiger partial charge in [0.1, 0.15) is 0 Å². The third-order valence-electron chi connectivity index (χ3n) is 4.22. The molecule has 0 amide bonds. The zero-order chi connectivity index (χ0) is 9.26. The van der Waals surface area contributed by atoms with Gasteiger partial charge in [-0.05, 0) is 50.0 Å². The van der Waals surface area contributed by atoms with E-state index in [4.69, 9.17) is 0 Å². The maximum absolute atomic E-state index is 3.69. The van der Waals surface area contributed by atoms with Crippen LogP contribution in [0.15, 0.2) is 0 Å². The quantitative estimate of drug-likeness (QED) is 0.703. The molecule has 2 rings (SSSR count). The van der Waals surface area contributed by atoms with E-state index in [0.29, 0.717) is 0 Å². The molecule has 0 aromatic heterocycles. The summed E-state index contributed by atoms with van der Waals surface area (Å²) in [4.78, 5) is 0. The number of hydrogen-bond donors (Lipinski definition) is 1. The van der Waals surface area contributed by atoms with Crippen LogP contribution < -0.4 is 5.32 Å². The van der Waals surface area contributed by atoms with Crippen molar-refractivity contribution < 1.29 is 0 Å². The van der Waals surface area contributed by atoms with Gasteiger partial charge >= 0.3 is 0 Å². The normalized spacial score (nSPS) is 43.8. The van der Waals surface area contributed by atoms with Crippen LogP contribution in [0.2, 0.25) is 0 Å². The van der Waals surface area contributed by atoms with E-state index in [1.54, 1.807) is 0 Å². The van der Waals surface area contributed by atoms with Crippen molar-refractivity contribution in [1.82, 2.24) is 5.32 Å². The molecule has 2 unspecified atom stereocenters. The van der Waals surface area contributed by atoms with Gasteiger partial charge in [0, 0.05) is 6.04 Å². The molecule has 0 aromatic carbocycles. The Bertz CT molecular complexity index is 167. The van der Waals surface area contributed by atoms with Crippen LogP contribution in [0.25, 0.3) is 0 Å². The Hall–Kier alpha value is -0.0400. The molecule has 0 aromatic rings. The summed E-state index contributed by atoms with van der Waals surface area (Å²) >= 11 is 0. The van der Waals surface area contributed by atoms with Crippen molar-refractivity contribution in [2.75, 3.05) is 6.54 Å². The highest BCUT2D eigenvalue weighted by Crippen LogP contribution is 2.47. The predicted octanol–water partition coefficient (Wildman–Crippen LogP) is 2.81. The largest absolute Gasteiger partial charge is 0.314 e. The van der Waals surface area contributed by atoms with Gasteiger partial charge in [0.05, 0.1) is 0 Å². The fourth-order valence-corrected chi connectivity index (χ4v) is 2.95. The van der Waals surface area contributed by atoms with Crippen LogP contribution in [0.3, 0.4) is 0 Å². The number of nitrogens with one attached hydrogen (secondary N) is 1. The number of rotatable bonds is 4. The summed E-state index contributed by atoms with van der Waals surface area (Å²) in [5.41, 5.74) is 0. The lowest BCUT2D eigenvalue weighted by molar-refractivity contribution is 0.0349. The maximum atomic E-state index is 3.69. The van der Waals surface area contributed by atoms with E-state index in [1.807, 2.05) is 0 Å². The van der Waals surface area contributed by atoms with Crippen LogP contribution >= 0.6 is 0 Å². The molecule has 0 saturated heterocycles.